The molecule has 6 nitrogen and oxygen atoms in total. The van der Waals surface area contributed by atoms with E-state index >= 15 is 0 Å². The molecule has 3 aromatic rings. The van der Waals surface area contributed by atoms with Gasteiger partial charge in [-0.2, -0.15) is 9.36 Å². The minimum atomic E-state index is -0.320. The SMILES string of the molecule is CCONC(=O)c1ccc(C)c(Oc2nc(Cc3ccc(C)cc3)ns2)c1. The zero-order chi connectivity index (χ0) is 19.2. The van der Waals surface area contributed by atoms with Gasteiger partial charge < -0.3 is 4.74 Å². The van der Waals surface area contributed by atoms with Crippen molar-refractivity contribution in [3.63, 3.8) is 0 Å². The highest BCUT2D eigenvalue weighted by Gasteiger charge is 2.12. The summed E-state index contributed by atoms with van der Waals surface area (Å²) in [5.41, 5.74) is 6.10. The molecule has 0 fully saturated rings. The molecular formula is C20H21N3O3S. The quantitative estimate of drug-likeness (QED) is 0.619. The molecule has 3 rings (SSSR count). The van der Waals surface area contributed by atoms with Gasteiger partial charge in [0.15, 0.2) is 5.82 Å². The number of carbonyl (C=O) groups excluding carboxylic acids is 1. The van der Waals surface area contributed by atoms with Crippen LogP contribution in [0.3, 0.4) is 0 Å². The Bertz CT molecular complexity index is 922. The molecule has 27 heavy (non-hydrogen) atoms. The summed E-state index contributed by atoms with van der Waals surface area (Å²) in [5.74, 6) is 0.956. The van der Waals surface area contributed by atoms with Crippen molar-refractivity contribution in [2.75, 3.05) is 6.61 Å². The van der Waals surface area contributed by atoms with Gasteiger partial charge in [-0.15, -0.1) is 0 Å². The number of nitrogens with zero attached hydrogens (tertiary/aromatic N) is 2. The van der Waals surface area contributed by atoms with Crippen LogP contribution in [0, 0.1) is 13.8 Å². The lowest BCUT2D eigenvalue weighted by Gasteiger charge is -2.08. The third-order valence-corrected chi connectivity index (χ3v) is 4.52. The summed E-state index contributed by atoms with van der Waals surface area (Å²) in [7, 11) is 0. The van der Waals surface area contributed by atoms with Crippen LogP contribution < -0.4 is 10.2 Å². The molecule has 0 saturated carbocycles. The van der Waals surface area contributed by atoms with Gasteiger partial charge in [-0.25, -0.2) is 5.48 Å². The molecule has 7 heteroatoms. The lowest BCUT2D eigenvalue weighted by Crippen LogP contribution is -2.23. The van der Waals surface area contributed by atoms with Crippen LogP contribution in [0.25, 0.3) is 0 Å². The molecule has 0 unspecified atom stereocenters. The monoisotopic (exact) mass is 383 g/mol. The number of amides is 1. The molecule has 0 bridgehead atoms. The summed E-state index contributed by atoms with van der Waals surface area (Å²) >= 11 is 1.20. The minimum Gasteiger partial charge on any atom is -0.430 e. The number of hydrogen-bond donors (Lipinski definition) is 1. The van der Waals surface area contributed by atoms with Crippen molar-refractivity contribution in [1.82, 2.24) is 14.8 Å². The molecule has 1 amide bonds. The Morgan fingerprint density at radius 1 is 1.15 bits per heavy atom. The van der Waals surface area contributed by atoms with Crippen LogP contribution >= 0.6 is 11.5 Å². The summed E-state index contributed by atoms with van der Waals surface area (Å²) in [6.45, 7) is 6.17. The van der Waals surface area contributed by atoms with Gasteiger partial charge in [-0.3, -0.25) is 9.63 Å². The smallest absolute Gasteiger partial charge is 0.298 e. The number of benzene rings is 2. The maximum atomic E-state index is 12.0. The first kappa shape index (κ1) is 19.0. The minimum absolute atomic E-state index is 0.320. The first-order valence-electron chi connectivity index (χ1n) is 8.64. The standard InChI is InChI=1S/C20H21N3O3S/c1-4-25-22-19(24)16-10-7-14(3)17(12-16)26-20-21-18(23-27-20)11-15-8-5-13(2)6-9-15/h5-10,12H,4,11H2,1-3H3,(H,22,24). The Kier molecular flexibility index (Phi) is 6.16. The largest absolute Gasteiger partial charge is 0.430 e. The predicted octanol–water partition coefficient (Wildman–Crippen LogP) is 4.22. The van der Waals surface area contributed by atoms with Crippen LogP contribution in [0.5, 0.6) is 10.9 Å². The number of aromatic nitrogens is 2. The molecular weight excluding hydrogens is 362 g/mol. The fraction of sp³-hybridized carbons (Fsp3) is 0.250. The van der Waals surface area contributed by atoms with E-state index in [2.05, 4.69) is 46.0 Å². The fourth-order valence-electron chi connectivity index (χ4n) is 2.38. The Morgan fingerprint density at radius 3 is 2.67 bits per heavy atom. The van der Waals surface area contributed by atoms with Gasteiger partial charge in [0.1, 0.15) is 5.75 Å². The zero-order valence-corrected chi connectivity index (χ0v) is 16.3. The van der Waals surface area contributed by atoms with Gasteiger partial charge in [0.05, 0.1) is 6.61 Å². The first-order valence-corrected chi connectivity index (χ1v) is 9.41. The highest BCUT2D eigenvalue weighted by Crippen LogP contribution is 2.28. The maximum Gasteiger partial charge on any atom is 0.298 e. The summed E-state index contributed by atoms with van der Waals surface area (Å²) in [4.78, 5) is 21.4. The highest BCUT2D eigenvalue weighted by atomic mass is 32.1. The average Bonchev–Trinajstić information content (AvgIpc) is 3.10. The topological polar surface area (TPSA) is 73.3 Å². The van der Waals surface area contributed by atoms with Crippen molar-refractivity contribution in [2.45, 2.75) is 27.2 Å². The number of nitrogens with one attached hydrogen (secondary N) is 1. The van der Waals surface area contributed by atoms with Crippen LogP contribution in [-0.2, 0) is 11.3 Å². The average molecular weight is 383 g/mol. The molecule has 1 N–H and O–H groups in total. The van der Waals surface area contributed by atoms with Gasteiger partial charge in [-0.1, -0.05) is 35.9 Å². The molecule has 0 atom stereocenters. The molecule has 0 radical (unpaired) electrons. The Balaban J connectivity index is 1.71. The van der Waals surface area contributed by atoms with E-state index in [0.717, 1.165) is 11.1 Å². The van der Waals surface area contributed by atoms with Crippen LogP contribution in [0.2, 0.25) is 0 Å². The zero-order valence-electron chi connectivity index (χ0n) is 15.5. The molecule has 0 aliphatic heterocycles. The van der Waals surface area contributed by atoms with E-state index in [-0.39, 0.29) is 5.91 Å². The van der Waals surface area contributed by atoms with Gasteiger partial charge in [0, 0.05) is 23.5 Å². The lowest BCUT2D eigenvalue weighted by atomic mass is 10.1. The Morgan fingerprint density at radius 2 is 1.93 bits per heavy atom. The van der Waals surface area contributed by atoms with Crippen LogP contribution in [0.4, 0.5) is 0 Å². The molecule has 2 aromatic carbocycles. The summed E-state index contributed by atoms with van der Waals surface area (Å²) in [6, 6.07) is 13.5. The molecule has 0 saturated heterocycles. The summed E-state index contributed by atoms with van der Waals surface area (Å²) in [5, 5.41) is 0.447. The third-order valence-electron chi connectivity index (χ3n) is 3.89. The summed E-state index contributed by atoms with van der Waals surface area (Å²) < 4.78 is 10.2. The first-order chi connectivity index (χ1) is 13.0. The van der Waals surface area contributed by atoms with Crippen LogP contribution in [0.15, 0.2) is 42.5 Å². The van der Waals surface area contributed by atoms with Crippen molar-refractivity contribution >= 4 is 17.4 Å². The molecule has 0 aliphatic rings. The number of hydrogen-bond acceptors (Lipinski definition) is 6. The second kappa shape index (κ2) is 8.75. The molecule has 1 aromatic heterocycles. The number of rotatable bonds is 7. The number of hydroxylamine groups is 1. The fourth-order valence-corrected chi connectivity index (χ4v) is 2.94. The highest BCUT2D eigenvalue weighted by molar-refractivity contribution is 7.07. The van der Waals surface area contributed by atoms with Crippen molar-refractivity contribution in [3.8, 4) is 10.9 Å². The van der Waals surface area contributed by atoms with E-state index in [9.17, 15) is 4.79 Å². The van der Waals surface area contributed by atoms with Crippen LogP contribution in [-0.4, -0.2) is 21.9 Å². The van der Waals surface area contributed by atoms with E-state index in [1.807, 2.05) is 13.0 Å². The number of carbonyl (C=O) groups is 1. The van der Waals surface area contributed by atoms with Crippen LogP contribution in [0.1, 0.15) is 39.8 Å². The van der Waals surface area contributed by atoms with E-state index < -0.39 is 0 Å². The van der Waals surface area contributed by atoms with E-state index in [1.165, 1.54) is 17.1 Å². The van der Waals surface area contributed by atoms with E-state index in [1.54, 1.807) is 19.1 Å². The maximum absolute atomic E-state index is 12.0. The molecule has 1 heterocycles. The summed E-state index contributed by atoms with van der Waals surface area (Å²) in [6.07, 6.45) is 0.649. The van der Waals surface area contributed by atoms with Crippen molar-refractivity contribution < 1.29 is 14.4 Å². The Labute approximate surface area is 162 Å². The van der Waals surface area contributed by atoms with Gasteiger partial charge in [-0.05, 0) is 44.0 Å². The molecule has 140 valence electrons. The molecule has 0 spiro atoms. The van der Waals surface area contributed by atoms with Gasteiger partial charge in [0.25, 0.3) is 11.1 Å². The van der Waals surface area contributed by atoms with E-state index in [4.69, 9.17) is 9.57 Å². The van der Waals surface area contributed by atoms with E-state index in [0.29, 0.717) is 35.4 Å². The van der Waals surface area contributed by atoms with Crippen molar-refractivity contribution in [3.05, 3.63) is 70.5 Å². The third kappa shape index (κ3) is 5.12. The second-order valence-corrected chi connectivity index (χ2v) is 6.80. The lowest BCUT2D eigenvalue weighted by molar-refractivity contribution is 0.0364. The van der Waals surface area contributed by atoms with Crippen molar-refractivity contribution in [2.24, 2.45) is 0 Å². The Hall–Kier alpha value is -2.77. The predicted molar refractivity (Wildman–Crippen MR) is 104 cm³/mol. The molecule has 0 aliphatic carbocycles. The van der Waals surface area contributed by atoms with Crippen molar-refractivity contribution in [1.29, 1.82) is 0 Å². The number of aryl methyl sites for hydroxylation is 2. The second-order valence-electron chi connectivity index (χ2n) is 6.09. The number of ether oxygens (including phenoxy) is 1. The van der Waals surface area contributed by atoms with Gasteiger partial charge >= 0.3 is 0 Å². The van der Waals surface area contributed by atoms with Gasteiger partial charge in [0.2, 0.25) is 0 Å². The normalized spacial score (nSPS) is 10.6.